The van der Waals surface area contributed by atoms with Gasteiger partial charge >= 0.3 is 0 Å². The Bertz CT molecular complexity index is 628. The first-order chi connectivity index (χ1) is 9.10. The highest BCUT2D eigenvalue weighted by Crippen LogP contribution is 2.30. The average molecular weight is 277 g/mol. The summed E-state index contributed by atoms with van der Waals surface area (Å²) in [5.41, 5.74) is -0.199. The number of carbonyl (C=O) groups is 1. The molecule has 2 aromatic carbocycles. The molecular weight excluding hydrogens is 269 g/mol. The number of nitro groups is 1. The summed E-state index contributed by atoms with van der Waals surface area (Å²) in [7, 11) is 0. The Labute approximate surface area is 112 Å². The zero-order valence-electron chi connectivity index (χ0n) is 9.58. The van der Waals surface area contributed by atoms with E-state index in [1.807, 2.05) is 0 Å². The van der Waals surface area contributed by atoms with E-state index in [9.17, 15) is 19.3 Å². The zero-order chi connectivity index (χ0) is 13.8. The predicted octanol–water partition coefficient (Wildman–Crippen LogP) is 3.70. The maximum Gasteiger partial charge on any atom is 0.279 e. The van der Waals surface area contributed by atoms with Crippen LogP contribution in [0.25, 0.3) is 0 Å². The molecule has 0 aliphatic heterocycles. The molecule has 6 heteroatoms. The first-order valence-electron chi connectivity index (χ1n) is 5.27. The highest BCUT2D eigenvalue weighted by atomic mass is 32.2. The van der Waals surface area contributed by atoms with Crippen LogP contribution < -0.4 is 0 Å². The van der Waals surface area contributed by atoms with Gasteiger partial charge in [0.05, 0.1) is 10.5 Å². The van der Waals surface area contributed by atoms with Crippen molar-refractivity contribution in [2.45, 2.75) is 9.79 Å². The van der Waals surface area contributed by atoms with E-state index in [0.717, 1.165) is 4.90 Å². The molecule has 0 unspecified atom stereocenters. The number of hydrogen-bond donors (Lipinski definition) is 0. The van der Waals surface area contributed by atoms with Crippen LogP contribution in [0.3, 0.4) is 0 Å². The van der Waals surface area contributed by atoms with Crippen molar-refractivity contribution in [3.05, 3.63) is 64.0 Å². The van der Waals surface area contributed by atoms with Crippen molar-refractivity contribution in [3.8, 4) is 0 Å². The molecule has 0 saturated carbocycles. The van der Waals surface area contributed by atoms with Crippen LogP contribution in [0.1, 0.15) is 10.4 Å². The minimum Gasteiger partial charge on any atom is -0.298 e. The van der Waals surface area contributed by atoms with Gasteiger partial charge in [-0.2, -0.15) is 0 Å². The van der Waals surface area contributed by atoms with Gasteiger partial charge in [0.1, 0.15) is 5.82 Å². The normalized spacial score (nSPS) is 10.2. The fourth-order valence-corrected chi connectivity index (χ4v) is 2.36. The Hall–Kier alpha value is -2.21. The lowest BCUT2D eigenvalue weighted by molar-refractivity contribution is -0.385. The molecule has 4 nitrogen and oxygen atoms in total. The van der Waals surface area contributed by atoms with Crippen molar-refractivity contribution in [2.75, 3.05) is 0 Å². The van der Waals surface area contributed by atoms with E-state index in [-0.39, 0.29) is 17.1 Å². The van der Waals surface area contributed by atoms with Crippen LogP contribution in [0.4, 0.5) is 10.1 Å². The SMILES string of the molecule is O=Cc1cc(Sc2ccc(F)cc2)ccc1[N+](=O)[O-]. The third-order valence-corrected chi connectivity index (χ3v) is 3.37. The van der Waals surface area contributed by atoms with E-state index in [1.165, 1.54) is 36.0 Å². The topological polar surface area (TPSA) is 60.2 Å². The average Bonchev–Trinajstić information content (AvgIpc) is 2.41. The first kappa shape index (κ1) is 13.2. The summed E-state index contributed by atoms with van der Waals surface area (Å²) in [5, 5.41) is 10.7. The second-order valence-electron chi connectivity index (χ2n) is 3.65. The van der Waals surface area contributed by atoms with Crippen LogP contribution in [0.15, 0.2) is 52.3 Å². The minimum atomic E-state index is -0.601. The Balaban J connectivity index is 2.29. The van der Waals surface area contributed by atoms with Crippen molar-refractivity contribution >= 4 is 23.7 Å². The molecule has 0 radical (unpaired) electrons. The van der Waals surface area contributed by atoms with Gasteiger partial charge in [-0.1, -0.05) is 11.8 Å². The molecular formula is C13H8FNO3S. The molecule has 0 atom stereocenters. The molecule has 0 spiro atoms. The van der Waals surface area contributed by atoms with E-state index >= 15 is 0 Å². The number of hydrogen-bond acceptors (Lipinski definition) is 4. The third-order valence-electron chi connectivity index (χ3n) is 2.37. The van der Waals surface area contributed by atoms with Gasteiger partial charge in [-0.05, 0) is 36.4 Å². The van der Waals surface area contributed by atoms with Crippen LogP contribution in [-0.2, 0) is 0 Å². The van der Waals surface area contributed by atoms with Gasteiger partial charge in [-0.25, -0.2) is 4.39 Å². The molecule has 0 N–H and O–H groups in total. The number of nitrogens with zero attached hydrogens (tertiary/aromatic N) is 1. The maximum atomic E-state index is 12.8. The molecule has 0 bridgehead atoms. The van der Waals surface area contributed by atoms with E-state index in [2.05, 4.69) is 0 Å². The number of rotatable bonds is 4. The molecule has 0 aliphatic rings. The van der Waals surface area contributed by atoms with E-state index in [0.29, 0.717) is 11.2 Å². The quantitative estimate of drug-likeness (QED) is 0.485. The molecule has 96 valence electrons. The van der Waals surface area contributed by atoms with Gasteiger partial charge in [-0.3, -0.25) is 14.9 Å². The van der Waals surface area contributed by atoms with Crippen molar-refractivity contribution in [1.82, 2.24) is 0 Å². The second kappa shape index (κ2) is 5.62. The van der Waals surface area contributed by atoms with Gasteiger partial charge in [-0.15, -0.1) is 0 Å². The van der Waals surface area contributed by atoms with Gasteiger partial charge in [0.2, 0.25) is 0 Å². The van der Waals surface area contributed by atoms with E-state index in [4.69, 9.17) is 0 Å². The van der Waals surface area contributed by atoms with Crippen LogP contribution in [0.5, 0.6) is 0 Å². The number of nitro benzene ring substituents is 1. The summed E-state index contributed by atoms with van der Waals surface area (Å²) in [5.74, 6) is -0.332. The van der Waals surface area contributed by atoms with E-state index in [1.54, 1.807) is 18.2 Å². The number of aldehydes is 1. The van der Waals surface area contributed by atoms with E-state index < -0.39 is 4.92 Å². The molecule has 0 amide bonds. The molecule has 0 saturated heterocycles. The monoisotopic (exact) mass is 277 g/mol. The lowest BCUT2D eigenvalue weighted by atomic mass is 10.2. The molecule has 2 rings (SSSR count). The molecule has 0 fully saturated rings. The Morgan fingerprint density at radius 2 is 1.74 bits per heavy atom. The second-order valence-corrected chi connectivity index (χ2v) is 4.80. The van der Waals surface area contributed by atoms with Crippen LogP contribution in [-0.4, -0.2) is 11.2 Å². The number of halogens is 1. The summed E-state index contributed by atoms with van der Waals surface area (Å²) in [4.78, 5) is 22.4. The molecule has 0 aliphatic carbocycles. The largest absolute Gasteiger partial charge is 0.298 e. The van der Waals surface area contributed by atoms with Crippen LogP contribution in [0, 0.1) is 15.9 Å². The standard InChI is InChI=1S/C13H8FNO3S/c14-10-1-3-11(4-2-10)19-12-5-6-13(15(17)18)9(7-12)8-16/h1-8H. The van der Waals surface area contributed by atoms with Gasteiger partial charge in [0, 0.05) is 15.9 Å². The maximum absolute atomic E-state index is 12.8. The Kier molecular flexibility index (Phi) is 3.91. The number of benzene rings is 2. The van der Waals surface area contributed by atoms with Crippen LogP contribution >= 0.6 is 11.8 Å². The highest BCUT2D eigenvalue weighted by molar-refractivity contribution is 7.99. The van der Waals surface area contributed by atoms with Gasteiger partial charge < -0.3 is 0 Å². The molecule has 2 aromatic rings. The fourth-order valence-electron chi connectivity index (χ4n) is 1.50. The van der Waals surface area contributed by atoms with Crippen molar-refractivity contribution < 1.29 is 14.1 Å². The lowest BCUT2D eigenvalue weighted by Gasteiger charge is -2.03. The van der Waals surface area contributed by atoms with Crippen molar-refractivity contribution in [3.63, 3.8) is 0 Å². The Morgan fingerprint density at radius 3 is 2.32 bits per heavy atom. The van der Waals surface area contributed by atoms with Gasteiger partial charge in [0.15, 0.2) is 6.29 Å². The highest BCUT2D eigenvalue weighted by Gasteiger charge is 2.13. The number of carbonyl (C=O) groups excluding carboxylic acids is 1. The molecule has 0 heterocycles. The van der Waals surface area contributed by atoms with Crippen molar-refractivity contribution in [1.29, 1.82) is 0 Å². The Morgan fingerprint density at radius 1 is 1.11 bits per heavy atom. The zero-order valence-corrected chi connectivity index (χ0v) is 10.4. The van der Waals surface area contributed by atoms with Crippen molar-refractivity contribution in [2.24, 2.45) is 0 Å². The third kappa shape index (κ3) is 3.17. The summed E-state index contributed by atoms with van der Waals surface area (Å²) >= 11 is 1.30. The fraction of sp³-hybridized carbons (Fsp3) is 0. The van der Waals surface area contributed by atoms with Gasteiger partial charge in [0.25, 0.3) is 5.69 Å². The molecule has 0 aromatic heterocycles. The summed E-state index contributed by atoms with van der Waals surface area (Å²) < 4.78 is 12.8. The lowest BCUT2D eigenvalue weighted by Crippen LogP contribution is -1.94. The predicted molar refractivity (Wildman–Crippen MR) is 69.0 cm³/mol. The van der Waals surface area contributed by atoms with Crippen LogP contribution in [0.2, 0.25) is 0 Å². The summed E-state index contributed by atoms with van der Waals surface area (Å²) in [6.45, 7) is 0. The smallest absolute Gasteiger partial charge is 0.279 e. The summed E-state index contributed by atoms with van der Waals surface area (Å²) in [6.07, 6.45) is 0.451. The summed E-state index contributed by atoms with van der Waals surface area (Å²) in [6, 6.07) is 10.1. The first-order valence-corrected chi connectivity index (χ1v) is 6.09. The molecule has 19 heavy (non-hydrogen) atoms. The minimum absolute atomic E-state index is 0.0251.